The van der Waals surface area contributed by atoms with Crippen molar-refractivity contribution < 1.29 is 9.53 Å². The minimum absolute atomic E-state index is 0.159. The predicted octanol–water partition coefficient (Wildman–Crippen LogP) is 5.95. The van der Waals surface area contributed by atoms with Crippen LogP contribution < -0.4 is 10.1 Å². The van der Waals surface area contributed by atoms with Gasteiger partial charge in [-0.2, -0.15) is 0 Å². The molecule has 162 valence electrons. The fourth-order valence-corrected chi connectivity index (χ4v) is 3.97. The van der Waals surface area contributed by atoms with Crippen molar-refractivity contribution in [1.29, 1.82) is 0 Å². The molecule has 0 radical (unpaired) electrons. The zero-order valence-electron chi connectivity index (χ0n) is 17.1. The molecular weight excluding hydrogens is 455 g/mol. The average Bonchev–Trinajstić information content (AvgIpc) is 3.13. The topological polar surface area (TPSA) is 69.0 Å². The number of carbonyl (C=O) groups excluding carboxylic acids is 1. The molecule has 2 aromatic carbocycles. The maximum atomic E-state index is 12.4. The molecular formula is C22H22Cl2N4O2S. The fraction of sp³-hybridized carbons (Fsp3) is 0.227. The van der Waals surface area contributed by atoms with Gasteiger partial charge in [0.1, 0.15) is 5.75 Å². The van der Waals surface area contributed by atoms with Gasteiger partial charge < -0.3 is 10.1 Å². The molecule has 0 spiro atoms. The first kappa shape index (κ1) is 23.2. The first-order valence-electron chi connectivity index (χ1n) is 9.53. The van der Waals surface area contributed by atoms with Gasteiger partial charge in [-0.3, -0.25) is 9.36 Å². The van der Waals surface area contributed by atoms with Gasteiger partial charge >= 0.3 is 0 Å². The second-order valence-electron chi connectivity index (χ2n) is 6.71. The summed E-state index contributed by atoms with van der Waals surface area (Å²) in [5, 5.41) is 13.2. The normalized spacial score (nSPS) is 11.7. The molecule has 0 aliphatic rings. The van der Waals surface area contributed by atoms with E-state index in [2.05, 4.69) is 22.1 Å². The van der Waals surface area contributed by atoms with Crippen molar-refractivity contribution in [3.63, 3.8) is 0 Å². The number of nitrogens with zero attached hydrogens (tertiary/aromatic N) is 3. The van der Waals surface area contributed by atoms with Crippen LogP contribution in [0, 0.1) is 6.92 Å². The van der Waals surface area contributed by atoms with E-state index in [1.54, 1.807) is 30.3 Å². The Balaban J connectivity index is 1.68. The van der Waals surface area contributed by atoms with Crippen LogP contribution in [0.25, 0.3) is 0 Å². The number of halogens is 2. The zero-order chi connectivity index (χ0) is 22.4. The van der Waals surface area contributed by atoms with Gasteiger partial charge in [-0.25, -0.2) is 0 Å². The van der Waals surface area contributed by atoms with Crippen LogP contribution in [0.2, 0.25) is 10.0 Å². The molecule has 1 amide bonds. The molecule has 3 rings (SSSR count). The summed E-state index contributed by atoms with van der Waals surface area (Å²) in [7, 11) is 0. The highest BCUT2D eigenvalue weighted by Crippen LogP contribution is 2.27. The number of nitrogens with one attached hydrogen (secondary N) is 1. The third-order valence-corrected chi connectivity index (χ3v) is 6.02. The molecule has 0 bridgehead atoms. The Morgan fingerprint density at radius 1 is 1.29 bits per heavy atom. The molecule has 9 heteroatoms. The van der Waals surface area contributed by atoms with E-state index in [0.29, 0.717) is 39.0 Å². The van der Waals surface area contributed by atoms with Crippen molar-refractivity contribution in [2.24, 2.45) is 0 Å². The molecule has 0 saturated carbocycles. The minimum atomic E-state index is -0.372. The Hall–Kier alpha value is -2.48. The highest BCUT2D eigenvalue weighted by Gasteiger charge is 2.20. The van der Waals surface area contributed by atoms with Gasteiger partial charge in [0.05, 0.1) is 5.75 Å². The van der Waals surface area contributed by atoms with Crippen LogP contribution in [0.3, 0.4) is 0 Å². The molecule has 0 aliphatic carbocycles. The van der Waals surface area contributed by atoms with E-state index in [1.807, 2.05) is 36.6 Å². The van der Waals surface area contributed by atoms with Crippen molar-refractivity contribution >= 4 is 46.6 Å². The first-order valence-corrected chi connectivity index (χ1v) is 11.3. The van der Waals surface area contributed by atoms with E-state index >= 15 is 0 Å². The number of hydrogen-bond donors (Lipinski definition) is 1. The Morgan fingerprint density at radius 2 is 2.06 bits per heavy atom. The van der Waals surface area contributed by atoms with Crippen LogP contribution >= 0.6 is 35.0 Å². The van der Waals surface area contributed by atoms with Crippen LogP contribution in [0.4, 0.5) is 5.69 Å². The van der Waals surface area contributed by atoms with Gasteiger partial charge in [-0.15, -0.1) is 16.8 Å². The second kappa shape index (κ2) is 10.7. The molecule has 1 N–H and O–H groups in total. The molecule has 3 aromatic rings. The zero-order valence-corrected chi connectivity index (χ0v) is 19.5. The van der Waals surface area contributed by atoms with Crippen molar-refractivity contribution in [1.82, 2.24) is 14.8 Å². The monoisotopic (exact) mass is 476 g/mol. The van der Waals surface area contributed by atoms with E-state index in [0.717, 1.165) is 5.56 Å². The summed E-state index contributed by atoms with van der Waals surface area (Å²) in [6.45, 7) is 8.04. The molecule has 0 aliphatic heterocycles. The lowest BCUT2D eigenvalue weighted by molar-refractivity contribution is -0.113. The van der Waals surface area contributed by atoms with Gasteiger partial charge in [-0.05, 0) is 49.7 Å². The molecule has 1 unspecified atom stereocenters. The summed E-state index contributed by atoms with van der Waals surface area (Å²) in [5.41, 5.74) is 1.52. The van der Waals surface area contributed by atoms with Crippen LogP contribution in [-0.2, 0) is 11.3 Å². The number of allylic oxidation sites excluding steroid dienone is 1. The van der Waals surface area contributed by atoms with Crippen LogP contribution in [0.5, 0.6) is 5.75 Å². The van der Waals surface area contributed by atoms with E-state index < -0.39 is 0 Å². The fourth-order valence-electron chi connectivity index (χ4n) is 2.86. The van der Waals surface area contributed by atoms with Crippen molar-refractivity contribution in [3.05, 3.63) is 76.6 Å². The molecule has 31 heavy (non-hydrogen) atoms. The van der Waals surface area contributed by atoms with Crippen LogP contribution in [0.1, 0.15) is 24.4 Å². The van der Waals surface area contributed by atoms with E-state index in [9.17, 15) is 4.79 Å². The molecule has 0 fully saturated rings. The Labute approximate surface area is 195 Å². The Kier molecular flexibility index (Phi) is 8.01. The summed E-state index contributed by atoms with van der Waals surface area (Å²) in [5.74, 6) is 1.28. The molecule has 6 nitrogen and oxygen atoms in total. The number of anilines is 1. The van der Waals surface area contributed by atoms with Crippen molar-refractivity contribution in [2.45, 2.75) is 31.7 Å². The highest BCUT2D eigenvalue weighted by molar-refractivity contribution is 7.99. The minimum Gasteiger partial charge on any atom is -0.483 e. The number of ether oxygens (including phenoxy) is 1. The van der Waals surface area contributed by atoms with Gasteiger partial charge in [0.15, 0.2) is 17.1 Å². The molecule has 0 saturated heterocycles. The molecule has 1 aromatic heterocycles. The second-order valence-corrected chi connectivity index (χ2v) is 8.49. The van der Waals surface area contributed by atoms with Crippen molar-refractivity contribution in [2.75, 3.05) is 11.1 Å². The summed E-state index contributed by atoms with van der Waals surface area (Å²) in [6, 6.07) is 12.6. The number of benzene rings is 2. The quantitative estimate of drug-likeness (QED) is 0.305. The van der Waals surface area contributed by atoms with Gasteiger partial charge in [0.25, 0.3) is 0 Å². The number of thioether (sulfide) groups is 1. The maximum absolute atomic E-state index is 12.4. The number of carbonyl (C=O) groups is 1. The van der Waals surface area contributed by atoms with E-state index in [4.69, 9.17) is 27.9 Å². The lowest BCUT2D eigenvalue weighted by atomic mass is 10.2. The smallest absolute Gasteiger partial charge is 0.234 e. The Morgan fingerprint density at radius 3 is 2.81 bits per heavy atom. The highest BCUT2D eigenvalue weighted by atomic mass is 35.5. The van der Waals surface area contributed by atoms with Gasteiger partial charge in [0.2, 0.25) is 5.91 Å². The lowest BCUT2D eigenvalue weighted by Gasteiger charge is -2.16. The van der Waals surface area contributed by atoms with E-state index in [-0.39, 0.29) is 17.8 Å². The summed E-state index contributed by atoms with van der Waals surface area (Å²) >= 11 is 13.4. The average molecular weight is 477 g/mol. The maximum Gasteiger partial charge on any atom is 0.234 e. The third kappa shape index (κ3) is 6.03. The molecule has 1 heterocycles. The van der Waals surface area contributed by atoms with Crippen LogP contribution in [-0.4, -0.2) is 26.4 Å². The SMILES string of the molecule is C=CCn1c(SCC(=O)Nc2cccc(Cl)c2C)nnc1C(C)Oc1cccc(Cl)c1. The van der Waals surface area contributed by atoms with Gasteiger partial charge in [0, 0.05) is 22.3 Å². The molecule has 1 atom stereocenters. The van der Waals surface area contributed by atoms with E-state index in [1.165, 1.54) is 11.8 Å². The first-order chi connectivity index (χ1) is 14.9. The third-order valence-electron chi connectivity index (χ3n) is 4.40. The summed E-state index contributed by atoms with van der Waals surface area (Å²) < 4.78 is 7.85. The van der Waals surface area contributed by atoms with Crippen LogP contribution in [0.15, 0.2) is 60.3 Å². The number of amides is 1. The number of aromatic nitrogens is 3. The predicted molar refractivity (Wildman–Crippen MR) is 126 cm³/mol. The number of hydrogen-bond acceptors (Lipinski definition) is 5. The largest absolute Gasteiger partial charge is 0.483 e. The summed E-state index contributed by atoms with van der Waals surface area (Å²) in [6.07, 6.45) is 1.38. The van der Waals surface area contributed by atoms with Crippen molar-refractivity contribution in [3.8, 4) is 5.75 Å². The Bertz CT molecular complexity index is 1090. The summed E-state index contributed by atoms with van der Waals surface area (Å²) in [4.78, 5) is 12.4. The standard InChI is InChI=1S/C22H22Cl2N4O2S/c1-4-11-28-21(15(3)30-17-8-5-7-16(23)12-17)26-27-22(28)31-13-20(29)25-19-10-6-9-18(24)14(19)2/h4-10,12,15H,1,11,13H2,2-3H3,(H,25,29). The van der Waals surface area contributed by atoms with Gasteiger partial charge in [-0.1, -0.05) is 53.2 Å². The lowest BCUT2D eigenvalue weighted by Crippen LogP contribution is -2.16. The number of rotatable bonds is 9.